The van der Waals surface area contributed by atoms with Crippen molar-refractivity contribution in [3.05, 3.63) is 34.9 Å². The van der Waals surface area contributed by atoms with Crippen molar-refractivity contribution in [1.82, 2.24) is 5.32 Å². The summed E-state index contributed by atoms with van der Waals surface area (Å²) in [5, 5.41) is 3.00. The maximum Gasteiger partial charge on any atom is 0.220 e. The van der Waals surface area contributed by atoms with Crippen molar-refractivity contribution in [3.8, 4) is 0 Å². The van der Waals surface area contributed by atoms with Gasteiger partial charge < -0.3 is 5.32 Å². The van der Waals surface area contributed by atoms with Crippen molar-refractivity contribution in [3.63, 3.8) is 0 Å². The fraction of sp³-hybridized carbons (Fsp3) is 0.533. The minimum Gasteiger partial charge on any atom is -0.352 e. The van der Waals surface area contributed by atoms with Crippen LogP contribution in [0.3, 0.4) is 0 Å². The minimum absolute atomic E-state index is 0.167. The summed E-state index contributed by atoms with van der Waals surface area (Å²) in [6.45, 7) is 4.82. The Hall–Kier alpha value is -0.960. The summed E-state index contributed by atoms with van der Waals surface area (Å²) < 4.78 is 0. The van der Waals surface area contributed by atoms with Gasteiger partial charge in [-0.3, -0.25) is 4.79 Å². The maximum absolute atomic E-state index is 11.7. The molecule has 0 spiro atoms. The van der Waals surface area contributed by atoms with Crippen LogP contribution in [-0.4, -0.2) is 24.2 Å². The Balaban J connectivity index is 2.33. The van der Waals surface area contributed by atoms with Gasteiger partial charge in [-0.25, -0.2) is 0 Å². The van der Waals surface area contributed by atoms with Gasteiger partial charge in [-0.1, -0.05) is 23.8 Å². The zero-order chi connectivity index (χ0) is 13.5. The highest BCUT2D eigenvalue weighted by atomic mass is 32.2. The second kappa shape index (κ2) is 7.47. The lowest BCUT2D eigenvalue weighted by Gasteiger charge is -2.08. The van der Waals surface area contributed by atoms with Gasteiger partial charge in [-0.15, -0.1) is 0 Å². The zero-order valence-corrected chi connectivity index (χ0v) is 12.7. The van der Waals surface area contributed by atoms with Gasteiger partial charge in [0.05, 0.1) is 12.5 Å². The monoisotopic (exact) mass is 266 g/mol. The Bertz CT molecular complexity index is 401. The van der Waals surface area contributed by atoms with E-state index in [1.807, 2.05) is 0 Å². The average molecular weight is 266 g/mol. The number of aryl methyl sites for hydroxylation is 2. The van der Waals surface area contributed by atoms with Crippen molar-refractivity contribution < 1.29 is 4.79 Å². The lowest BCUT2D eigenvalue weighted by Crippen LogP contribution is -2.23. The molecule has 18 heavy (non-hydrogen) atoms. The average Bonchev–Trinajstić information content (AvgIpc) is 2.27. The van der Waals surface area contributed by atoms with Crippen molar-refractivity contribution in [1.29, 1.82) is 0 Å². The van der Waals surface area contributed by atoms with Crippen LogP contribution < -0.4 is 5.32 Å². The second-order valence-electron chi connectivity index (χ2n) is 5.00. The predicted octanol–water partition coefficient (Wildman–Crippen LogP) is 2.58. The Morgan fingerprint density at radius 2 is 2.00 bits per heavy atom. The molecule has 0 atom stereocenters. The Labute approximate surface area is 114 Å². The maximum atomic E-state index is 11.7. The van der Waals surface area contributed by atoms with Gasteiger partial charge in [0.2, 0.25) is 5.91 Å². The van der Waals surface area contributed by atoms with Crippen LogP contribution in [0.5, 0.6) is 0 Å². The number of amides is 1. The van der Waals surface area contributed by atoms with E-state index in [9.17, 15) is 4.79 Å². The van der Waals surface area contributed by atoms with Gasteiger partial charge in [0.25, 0.3) is 0 Å². The van der Waals surface area contributed by atoms with E-state index >= 15 is 0 Å². The predicted molar refractivity (Wildman–Crippen MR) is 81.1 cm³/mol. The molecule has 1 amide bonds. The molecule has 0 aliphatic rings. The molecule has 3 heteroatoms. The van der Waals surface area contributed by atoms with Crippen LogP contribution >= 0.6 is 0 Å². The summed E-state index contributed by atoms with van der Waals surface area (Å²) in [6.07, 6.45) is 6.08. The first-order chi connectivity index (χ1) is 8.49. The molecule has 0 bridgehead atoms. The summed E-state index contributed by atoms with van der Waals surface area (Å²) in [5.41, 5.74) is 3.72. The molecule has 0 saturated heterocycles. The number of carbonyl (C=O) groups is 1. The molecule has 1 aromatic carbocycles. The minimum atomic E-state index is 0.167. The zero-order valence-electron chi connectivity index (χ0n) is 11.9. The molecule has 0 aliphatic carbocycles. The molecule has 0 saturated carbocycles. The summed E-state index contributed by atoms with van der Waals surface area (Å²) in [7, 11) is 0.442. The third-order valence-electron chi connectivity index (χ3n) is 2.93. The molecule has 100 valence electrons. The number of rotatable bonds is 6. The van der Waals surface area contributed by atoms with Crippen LogP contribution in [0.4, 0.5) is 0 Å². The Kier molecular flexibility index (Phi) is 6.27. The SMILES string of the molecule is Cc1ccc(CNC(=O)CCC[S+](C)C)c(C)c1. The van der Waals surface area contributed by atoms with E-state index in [2.05, 4.69) is 49.9 Å². The van der Waals surface area contributed by atoms with E-state index < -0.39 is 0 Å². The Morgan fingerprint density at radius 1 is 1.28 bits per heavy atom. The van der Waals surface area contributed by atoms with Gasteiger partial charge in [0.15, 0.2) is 0 Å². The molecule has 1 N–H and O–H groups in total. The van der Waals surface area contributed by atoms with E-state index in [0.717, 1.165) is 12.2 Å². The molecule has 0 heterocycles. The molecule has 0 radical (unpaired) electrons. The standard InChI is InChI=1S/C15H23NOS/c1-12-7-8-14(13(2)10-12)11-16-15(17)6-5-9-18(3)4/h7-8,10H,5-6,9,11H2,1-4H3/p+1. The van der Waals surface area contributed by atoms with Crippen LogP contribution in [0.2, 0.25) is 0 Å². The van der Waals surface area contributed by atoms with E-state index in [1.165, 1.54) is 16.7 Å². The smallest absolute Gasteiger partial charge is 0.220 e. The number of hydrogen-bond acceptors (Lipinski definition) is 1. The third kappa shape index (κ3) is 5.58. The van der Waals surface area contributed by atoms with Crippen molar-refractivity contribution in [2.24, 2.45) is 0 Å². The lowest BCUT2D eigenvalue weighted by molar-refractivity contribution is -0.121. The molecule has 0 fully saturated rings. The first kappa shape index (κ1) is 15.1. The van der Waals surface area contributed by atoms with Gasteiger partial charge in [-0.2, -0.15) is 0 Å². The molecule has 1 aromatic rings. The van der Waals surface area contributed by atoms with Crippen LogP contribution in [0.15, 0.2) is 18.2 Å². The van der Waals surface area contributed by atoms with E-state index in [1.54, 1.807) is 0 Å². The first-order valence-corrected chi connectivity index (χ1v) is 8.57. The van der Waals surface area contributed by atoms with Crippen LogP contribution in [0.1, 0.15) is 29.5 Å². The van der Waals surface area contributed by atoms with E-state index in [4.69, 9.17) is 0 Å². The van der Waals surface area contributed by atoms with Gasteiger partial charge in [-0.05, 0) is 35.9 Å². The normalized spacial score (nSPS) is 10.7. The van der Waals surface area contributed by atoms with Crippen LogP contribution in [-0.2, 0) is 22.2 Å². The van der Waals surface area contributed by atoms with Crippen molar-refractivity contribution in [2.45, 2.75) is 33.2 Å². The molecule has 0 aliphatic heterocycles. The highest BCUT2D eigenvalue weighted by Crippen LogP contribution is 2.10. The number of nitrogens with one attached hydrogen (secondary N) is 1. The lowest BCUT2D eigenvalue weighted by atomic mass is 10.1. The van der Waals surface area contributed by atoms with Gasteiger partial charge in [0, 0.05) is 19.4 Å². The number of benzene rings is 1. The Morgan fingerprint density at radius 3 is 2.61 bits per heavy atom. The largest absolute Gasteiger partial charge is 0.352 e. The quantitative estimate of drug-likeness (QED) is 0.788. The highest BCUT2D eigenvalue weighted by molar-refractivity contribution is 7.95. The summed E-state index contributed by atoms with van der Waals surface area (Å²) in [4.78, 5) is 11.7. The summed E-state index contributed by atoms with van der Waals surface area (Å²) in [6, 6.07) is 6.34. The molecule has 1 rings (SSSR count). The highest BCUT2D eigenvalue weighted by Gasteiger charge is 2.06. The summed E-state index contributed by atoms with van der Waals surface area (Å²) >= 11 is 0. The van der Waals surface area contributed by atoms with E-state index in [0.29, 0.717) is 23.9 Å². The fourth-order valence-electron chi connectivity index (χ4n) is 1.85. The molecular weight excluding hydrogens is 242 g/mol. The molecule has 0 aromatic heterocycles. The summed E-state index contributed by atoms with van der Waals surface area (Å²) in [5.74, 6) is 1.32. The van der Waals surface area contributed by atoms with E-state index in [-0.39, 0.29) is 5.91 Å². The molecular formula is C15H24NOS+. The van der Waals surface area contributed by atoms with Gasteiger partial charge >= 0.3 is 0 Å². The first-order valence-electron chi connectivity index (χ1n) is 6.36. The second-order valence-corrected chi connectivity index (χ2v) is 7.38. The van der Waals surface area contributed by atoms with Gasteiger partial charge in [0.1, 0.15) is 5.75 Å². The number of carbonyl (C=O) groups excluding carboxylic acids is 1. The molecule has 2 nitrogen and oxygen atoms in total. The third-order valence-corrected chi connectivity index (χ3v) is 4.04. The number of hydrogen-bond donors (Lipinski definition) is 1. The van der Waals surface area contributed by atoms with Crippen molar-refractivity contribution >= 4 is 16.8 Å². The molecule has 0 unspecified atom stereocenters. The van der Waals surface area contributed by atoms with Crippen LogP contribution in [0.25, 0.3) is 0 Å². The fourth-order valence-corrected chi connectivity index (χ4v) is 2.57. The topological polar surface area (TPSA) is 29.1 Å². The van der Waals surface area contributed by atoms with Crippen molar-refractivity contribution in [2.75, 3.05) is 18.3 Å². The van der Waals surface area contributed by atoms with Crippen LogP contribution in [0, 0.1) is 13.8 Å².